The van der Waals surface area contributed by atoms with Crippen LogP contribution < -0.4 is 11.5 Å². The number of hydrogen-bond donors (Lipinski definition) is 2. The lowest BCUT2D eigenvalue weighted by Crippen LogP contribution is -2.21. The molecular formula is C9H11FN4. The second-order valence-corrected chi connectivity index (χ2v) is 2.77. The van der Waals surface area contributed by atoms with Crippen molar-refractivity contribution in [3.8, 4) is 0 Å². The summed E-state index contributed by atoms with van der Waals surface area (Å²) in [7, 11) is 0. The van der Waals surface area contributed by atoms with Crippen molar-refractivity contribution in [2.45, 2.75) is 6.92 Å². The predicted molar refractivity (Wildman–Crippen MR) is 54.5 cm³/mol. The van der Waals surface area contributed by atoms with E-state index in [9.17, 15) is 4.39 Å². The Morgan fingerprint density at radius 1 is 1.43 bits per heavy atom. The van der Waals surface area contributed by atoms with Crippen LogP contribution in [0.25, 0.3) is 0 Å². The maximum Gasteiger partial charge on any atom is 0.211 e. The molecular weight excluding hydrogens is 183 g/mol. The summed E-state index contributed by atoms with van der Waals surface area (Å²) in [6.45, 7) is 1.84. The van der Waals surface area contributed by atoms with Crippen molar-refractivity contribution in [3.63, 3.8) is 0 Å². The van der Waals surface area contributed by atoms with E-state index >= 15 is 0 Å². The molecule has 0 spiro atoms. The molecule has 0 aliphatic rings. The molecule has 0 aliphatic heterocycles. The number of guanidine groups is 1. The zero-order valence-electron chi connectivity index (χ0n) is 7.74. The van der Waals surface area contributed by atoms with Gasteiger partial charge in [-0.2, -0.15) is 5.10 Å². The molecule has 0 heterocycles. The maximum atomic E-state index is 12.8. The van der Waals surface area contributed by atoms with Gasteiger partial charge in [0.1, 0.15) is 5.82 Å². The van der Waals surface area contributed by atoms with Crippen LogP contribution in [0.3, 0.4) is 0 Å². The summed E-state index contributed by atoms with van der Waals surface area (Å²) in [5.74, 6) is -0.447. The highest BCUT2D eigenvalue weighted by atomic mass is 19.1. The van der Waals surface area contributed by atoms with Gasteiger partial charge in [-0.1, -0.05) is 6.07 Å². The third-order valence-corrected chi connectivity index (χ3v) is 1.61. The second kappa shape index (κ2) is 4.36. The molecule has 0 atom stereocenters. The Hall–Kier alpha value is -1.91. The van der Waals surface area contributed by atoms with Gasteiger partial charge in [-0.25, -0.2) is 4.39 Å². The minimum absolute atomic E-state index is 0.129. The number of hydrogen-bond acceptors (Lipinski definition) is 2. The second-order valence-electron chi connectivity index (χ2n) is 2.77. The zero-order chi connectivity index (χ0) is 10.6. The van der Waals surface area contributed by atoms with E-state index in [1.807, 2.05) is 6.92 Å². The first-order chi connectivity index (χ1) is 6.59. The normalized spacial score (nSPS) is 10.4. The highest BCUT2D eigenvalue weighted by Crippen LogP contribution is 2.07. The lowest BCUT2D eigenvalue weighted by atomic mass is 10.1. The first-order valence-electron chi connectivity index (χ1n) is 3.97. The van der Waals surface area contributed by atoms with Gasteiger partial charge in [0.25, 0.3) is 0 Å². The van der Waals surface area contributed by atoms with Gasteiger partial charge in [0, 0.05) is 5.56 Å². The molecule has 1 rings (SSSR count). The molecule has 5 heteroatoms. The SMILES string of the molecule is Cc1ccc(F)cc1C=NN=C(N)N. The van der Waals surface area contributed by atoms with Gasteiger partial charge in [0.2, 0.25) is 5.96 Å². The van der Waals surface area contributed by atoms with E-state index in [1.165, 1.54) is 18.3 Å². The van der Waals surface area contributed by atoms with Crippen LogP contribution in [0, 0.1) is 12.7 Å². The van der Waals surface area contributed by atoms with Gasteiger partial charge in [-0.3, -0.25) is 0 Å². The molecule has 0 aliphatic carbocycles. The Bertz CT molecular complexity index is 380. The summed E-state index contributed by atoms with van der Waals surface area (Å²) < 4.78 is 12.8. The van der Waals surface area contributed by atoms with Crippen molar-refractivity contribution in [3.05, 3.63) is 35.1 Å². The summed E-state index contributed by atoms with van der Waals surface area (Å²) in [6.07, 6.45) is 1.40. The average Bonchev–Trinajstić information content (AvgIpc) is 2.10. The smallest absolute Gasteiger partial charge is 0.211 e. The summed E-state index contributed by atoms with van der Waals surface area (Å²) in [6, 6.07) is 4.40. The van der Waals surface area contributed by atoms with Crippen molar-refractivity contribution in [1.82, 2.24) is 0 Å². The first kappa shape index (κ1) is 10.2. The number of halogens is 1. The van der Waals surface area contributed by atoms with Gasteiger partial charge in [-0.15, -0.1) is 5.10 Å². The Balaban J connectivity index is 2.91. The molecule has 0 unspecified atom stereocenters. The highest BCUT2D eigenvalue weighted by Gasteiger charge is 1.96. The molecule has 14 heavy (non-hydrogen) atoms. The fourth-order valence-corrected chi connectivity index (χ4v) is 0.908. The number of aryl methyl sites for hydroxylation is 1. The quantitative estimate of drug-likeness (QED) is 0.414. The van der Waals surface area contributed by atoms with Crippen LogP contribution in [-0.2, 0) is 0 Å². The Morgan fingerprint density at radius 2 is 2.14 bits per heavy atom. The van der Waals surface area contributed by atoms with Crippen LogP contribution in [-0.4, -0.2) is 12.2 Å². The monoisotopic (exact) mass is 194 g/mol. The lowest BCUT2D eigenvalue weighted by Gasteiger charge is -1.97. The number of nitrogens with zero attached hydrogens (tertiary/aromatic N) is 2. The van der Waals surface area contributed by atoms with Crippen LogP contribution in [0.15, 0.2) is 28.4 Å². The summed E-state index contributed by atoms with van der Waals surface area (Å²) in [5.41, 5.74) is 11.7. The Labute approximate surface area is 81.1 Å². The molecule has 0 bridgehead atoms. The topological polar surface area (TPSA) is 76.8 Å². The van der Waals surface area contributed by atoms with E-state index in [4.69, 9.17) is 11.5 Å². The molecule has 0 saturated carbocycles. The van der Waals surface area contributed by atoms with Crippen LogP contribution in [0.1, 0.15) is 11.1 Å². The Morgan fingerprint density at radius 3 is 2.79 bits per heavy atom. The van der Waals surface area contributed by atoms with Crippen LogP contribution >= 0.6 is 0 Å². The highest BCUT2D eigenvalue weighted by molar-refractivity contribution is 5.83. The van der Waals surface area contributed by atoms with Gasteiger partial charge in [-0.05, 0) is 24.6 Å². The molecule has 0 saturated heterocycles. The maximum absolute atomic E-state index is 12.8. The minimum atomic E-state index is -0.318. The minimum Gasteiger partial charge on any atom is -0.369 e. The molecule has 1 aromatic rings. The van der Waals surface area contributed by atoms with Gasteiger partial charge in [0.15, 0.2) is 0 Å². The van der Waals surface area contributed by atoms with E-state index in [1.54, 1.807) is 6.07 Å². The van der Waals surface area contributed by atoms with Gasteiger partial charge < -0.3 is 11.5 Å². The lowest BCUT2D eigenvalue weighted by molar-refractivity contribution is 0.627. The molecule has 1 aromatic carbocycles. The van der Waals surface area contributed by atoms with Gasteiger partial charge in [0.05, 0.1) is 6.21 Å². The largest absolute Gasteiger partial charge is 0.369 e. The third kappa shape index (κ3) is 2.85. The number of rotatable bonds is 2. The van der Waals surface area contributed by atoms with Crippen LogP contribution in [0.4, 0.5) is 4.39 Å². The zero-order valence-corrected chi connectivity index (χ0v) is 7.74. The fraction of sp³-hybridized carbons (Fsp3) is 0.111. The van der Waals surface area contributed by atoms with E-state index in [0.29, 0.717) is 5.56 Å². The third-order valence-electron chi connectivity index (χ3n) is 1.61. The average molecular weight is 194 g/mol. The van der Waals surface area contributed by atoms with E-state index in [-0.39, 0.29) is 11.8 Å². The van der Waals surface area contributed by atoms with Crippen molar-refractivity contribution in [2.24, 2.45) is 21.7 Å². The predicted octanol–water partition coefficient (Wildman–Crippen LogP) is 0.741. The summed E-state index contributed by atoms with van der Waals surface area (Å²) in [5, 5.41) is 7.00. The Kier molecular flexibility index (Phi) is 3.17. The van der Waals surface area contributed by atoms with E-state index in [2.05, 4.69) is 10.2 Å². The van der Waals surface area contributed by atoms with Crippen molar-refractivity contribution < 1.29 is 4.39 Å². The molecule has 0 fully saturated rings. The standard InChI is InChI=1S/C9H11FN4/c1-6-2-3-8(10)4-7(6)5-13-14-9(11)12/h2-5H,1H3,(H4,11,12,14). The summed E-state index contributed by atoms with van der Waals surface area (Å²) >= 11 is 0. The van der Waals surface area contributed by atoms with Crippen molar-refractivity contribution in [2.75, 3.05) is 0 Å². The van der Waals surface area contributed by atoms with Gasteiger partial charge >= 0.3 is 0 Å². The molecule has 4 nitrogen and oxygen atoms in total. The van der Waals surface area contributed by atoms with Crippen molar-refractivity contribution in [1.29, 1.82) is 0 Å². The number of benzene rings is 1. The molecule has 0 radical (unpaired) electrons. The molecule has 4 N–H and O–H groups in total. The van der Waals surface area contributed by atoms with Crippen LogP contribution in [0.5, 0.6) is 0 Å². The molecule has 0 aromatic heterocycles. The van der Waals surface area contributed by atoms with E-state index in [0.717, 1.165) is 5.56 Å². The van der Waals surface area contributed by atoms with E-state index < -0.39 is 0 Å². The summed E-state index contributed by atoms with van der Waals surface area (Å²) in [4.78, 5) is 0. The molecule has 74 valence electrons. The number of nitrogens with two attached hydrogens (primary N) is 2. The molecule has 0 amide bonds. The fourth-order valence-electron chi connectivity index (χ4n) is 0.908. The van der Waals surface area contributed by atoms with Crippen LogP contribution in [0.2, 0.25) is 0 Å². The van der Waals surface area contributed by atoms with Crippen molar-refractivity contribution >= 4 is 12.2 Å². The first-order valence-corrected chi connectivity index (χ1v) is 3.97.